The van der Waals surface area contributed by atoms with Crippen molar-refractivity contribution in [3.8, 4) is 17.2 Å². The number of carbonyl (C=O) groups is 1. The molecule has 7 nitrogen and oxygen atoms in total. The van der Waals surface area contributed by atoms with Gasteiger partial charge in [0, 0.05) is 15.3 Å². The lowest BCUT2D eigenvalue weighted by atomic mass is 10.2. The van der Waals surface area contributed by atoms with Crippen LogP contribution in [0.2, 0.25) is 10.0 Å². The minimum absolute atomic E-state index is 0.00194. The Balaban J connectivity index is 1.47. The average Bonchev–Trinajstić information content (AvgIpc) is 3.30. The van der Waals surface area contributed by atoms with Gasteiger partial charge in [0.25, 0.3) is 5.91 Å². The van der Waals surface area contributed by atoms with E-state index >= 15 is 0 Å². The van der Waals surface area contributed by atoms with E-state index in [-0.39, 0.29) is 23.4 Å². The summed E-state index contributed by atoms with van der Waals surface area (Å²) in [5.41, 5.74) is 1.57. The molecule has 0 saturated carbocycles. The maximum Gasteiger partial charge on any atom is 0.285 e. The summed E-state index contributed by atoms with van der Waals surface area (Å²) >= 11 is 13.5. The summed E-state index contributed by atoms with van der Waals surface area (Å²) in [6.45, 7) is 1.68. The number of carbonyl (C=O) groups excluding carboxylic acids is 1. The number of halogens is 2. The van der Waals surface area contributed by atoms with E-state index in [9.17, 15) is 13.2 Å². The molecule has 192 valence electrons. The number of aryl methyl sites for hydroxylation is 1. The number of thioether (sulfide) groups is 1. The number of amidine groups is 1. The van der Waals surface area contributed by atoms with Crippen LogP contribution in [0.15, 0.2) is 71.7 Å². The van der Waals surface area contributed by atoms with Crippen LogP contribution in [0, 0.1) is 6.92 Å². The second-order valence-electron chi connectivity index (χ2n) is 8.73. The first-order valence-corrected chi connectivity index (χ1v) is 14.8. The fourth-order valence-electron chi connectivity index (χ4n) is 4.23. The molecule has 1 amide bonds. The van der Waals surface area contributed by atoms with E-state index in [4.69, 9.17) is 32.7 Å². The van der Waals surface area contributed by atoms with E-state index in [1.165, 1.54) is 11.8 Å². The zero-order valence-corrected chi connectivity index (χ0v) is 22.8. The third-order valence-corrected chi connectivity index (χ3v) is 9.56. The molecule has 3 aromatic carbocycles. The standard InChI is InChI=1S/C26H22Cl2N2O5S2/c1-16-3-2-4-20(11-16)35-23-10-7-18(28)12-21(23)30-22-14-37(32,33)15-24(22)36-26(30)29-25(31)13-34-19-8-5-17(27)6-9-19/h2-12,22,24H,13-15H2,1H3. The predicted octanol–water partition coefficient (Wildman–Crippen LogP) is 5.77. The first kappa shape index (κ1) is 25.9. The second-order valence-corrected chi connectivity index (χ2v) is 13.0. The number of rotatable bonds is 6. The third kappa shape index (κ3) is 6.06. The Hall–Kier alpha value is -2.72. The fraction of sp³-hybridized carbons (Fsp3) is 0.231. The monoisotopic (exact) mass is 576 g/mol. The van der Waals surface area contributed by atoms with Crippen LogP contribution >= 0.6 is 35.0 Å². The number of amides is 1. The summed E-state index contributed by atoms with van der Waals surface area (Å²) in [6, 6.07) is 18.9. The van der Waals surface area contributed by atoms with Gasteiger partial charge < -0.3 is 14.4 Å². The van der Waals surface area contributed by atoms with E-state index in [0.717, 1.165) is 5.56 Å². The first-order valence-electron chi connectivity index (χ1n) is 11.4. The highest BCUT2D eigenvalue weighted by atomic mass is 35.5. The Kier molecular flexibility index (Phi) is 7.40. The molecule has 2 fully saturated rings. The SMILES string of the molecule is Cc1cccc(Oc2ccc(Cl)cc2N2C(=NC(=O)COc3ccc(Cl)cc3)SC3CS(=O)(=O)CC32)c1. The predicted molar refractivity (Wildman–Crippen MR) is 148 cm³/mol. The molecule has 2 atom stereocenters. The van der Waals surface area contributed by atoms with Gasteiger partial charge in [-0.15, -0.1) is 0 Å². The van der Waals surface area contributed by atoms with Crippen molar-refractivity contribution < 1.29 is 22.7 Å². The Morgan fingerprint density at radius 1 is 1.03 bits per heavy atom. The molecule has 0 radical (unpaired) electrons. The minimum atomic E-state index is -3.25. The number of hydrogen-bond donors (Lipinski definition) is 0. The summed E-state index contributed by atoms with van der Waals surface area (Å²) in [4.78, 5) is 18.9. The Bertz CT molecular complexity index is 1480. The van der Waals surface area contributed by atoms with Crippen LogP contribution < -0.4 is 14.4 Å². The van der Waals surface area contributed by atoms with Gasteiger partial charge in [-0.3, -0.25) is 4.79 Å². The first-order chi connectivity index (χ1) is 17.7. The van der Waals surface area contributed by atoms with E-state index in [1.807, 2.05) is 31.2 Å². The number of aliphatic imine (C=N–C) groups is 1. The van der Waals surface area contributed by atoms with Crippen molar-refractivity contribution >= 4 is 61.6 Å². The summed E-state index contributed by atoms with van der Waals surface area (Å²) in [6.07, 6.45) is 0. The van der Waals surface area contributed by atoms with Gasteiger partial charge in [0.15, 0.2) is 27.4 Å². The molecule has 37 heavy (non-hydrogen) atoms. The molecule has 11 heteroatoms. The second kappa shape index (κ2) is 10.6. The Morgan fingerprint density at radius 2 is 1.78 bits per heavy atom. The Morgan fingerprint density at radius 3 is 2.54 bits per heavy atom. The van der Waals surface area contributed by atoms with E-state index in [1.54, 1.807) is 47.4 Å². The molecule has 0 N–H and O–H groups in total. The van der Waals surface area contributed by atoms with Crippen molar-refractivity contribution in [1.82, 2.24) is 0 Å². The van der Waals surface area contributed by atoms with Crippen LogP contribution in [0.1, 0.15) is 5.56 Å². The van der Waals surface area contributed by atoms with Gasteiger partial charge >= 0.3 is 0 Å². The van der Waals surface area contributed by atoms with Crippen LogP contribution in [-0.4, -0.2) is 48.9 Å². The van der Waals surface area contributed by atoms with Crippen LogP contribution in [0.3, 0.4) is 0 Å². The van der Waals surface area contributed by atoms with Crippen molar-refractivity contribution in [3.05, 3.63) is 82.3 Å². The largest absolute Gasteiger partial charge is 0.484 e. The quantitative estimate of drug-likeness (QED) is 0.368. The molecule has 2 saturated heterocycles. The molecule has 2 aliphatic rings. The van der Waals surface area contributed by atoms with Gasteiger partial charge in [-0.1, -0.05) is 47.1 Å². The number of benzene rings is 3. The topological polar surface area (TPSA) is 85.3 Å². The maximum absolute atomic E-state index is 12.8. The van der Waals surface area contributed by atoms with Crippen molar-refractivity contribution in [2.24, 2.45) is 4.99 Å². The summed E-state index contributed by atoms with van der Waals surface area (Å²) in [5, 5.41) is 1.10. The smallest absolute Gasteiger partial charge is 0.285 e. The molecule has 2 unspecified atom stereocenters. The summed E-state index contributed by atoms with van der Waals surface area (Å²) in [7, 11) is -3.25. The Labute approximate surface area is 229 Å². The molecule has 3 aromatic rings. The zero-order chi connectivity index (χ0) is 26.2. The molecular weight excluding hydrogens is 555 g/mol. The number of fused-ring (bicyclic) bond motifs is 1. The number of nitrogens with zero attached hydrogens (tertiary/aromatic N) is 2. The number of ether oxygens (including phenoxy) is 2. The average molecular weight is 578 g/mol. The lowest BCUT2D eigenvalue weighted by Gasteiger charge is -2.27. The molecule has 0 bridgehead atoms. The van der Waals surface area contributed by atoms with Crippen molar-refractivity contribution in [1.29, 1.82) is 0 Å². The molecule has 0 aromatic heterocycles. The van der Waals surface area contributed by atoms with Crippen LogP contribution in [0.25, 0.3) is 0 Å². The van der Waals surface area contributed by atoms with Crippen molar-refractivity contribution in [2.75, 3.05) is 23.0 Å². The summed E-state index contributed by atoms with van der Waals surface area (Å²) in [5.74, 6) is 1.02. The number of anilines is 1. The van der Waals surface area contributed by atoms with Gasteiger partial charge in [0.1, 0.15) is 11.5 Å². The minimum Gasteiger partial charge on any atom is -0.484 e. The van der Waals surface area contributed by atoms with Crippen LogP contribution in [-0.2, 0) is 14.6 Å². The lowest BCUT2D eigenvalue weighted by Crippen LogP contribution is -2.38. The van der Waals surface area contributed by atoms with E-state index < -0.39 is 21.8 Å². The van der Waals surface area contributed by atoms with Gasteiger partial charge in [-0.25, -0.2) is 8.42 Å². The zero-order valence-electron chi connectivity index (χ0n) is 19.6. The molecule has 2 heterocycles. The molecular formula is C26H22Cl2N2O5S2. The highest BCUT2D eigenvalue weighted by Gasteiger charge is 2.50. The molecule has 2 aliphatic heterocycles. The number of sulfone groups is 1. The molecule has 5 rings (SSSR count). The van der Waals surface area contributed by atoms with Crippen molar-refractivity contribution in [2.45, 2.75) is 18.2 Å². The third-order valence-electron chi connectivity index (χ3n) is 5.86. The fourth-order valence-corrected chi connectivity index (χ4v) is 8.45. The van der Waals surface area contributed by atoms with Gasteiger partial charge in [0.2, 0.25) is 0 Å². The maximum atomic E-state index is 12.8. The van der Waals surface area contributed by atoms with E-state index in [0.29, 0.717) is 38.1 Å². The van der Waals surface area contributed by atoms with Crippen molar-refractivity contribution in [3.63, 3.8) is 0 Å². The molecule has 0 spiro atoms. The lowest BCUT2D eigenvalue weighted by molar-refractivity contribution is -0.119. The molecule has 0 aliphatic carbocycles. The van der Waals surface area contributed by atoms with Crippen LogP contribution in [0.4, 0.5) is 5.69 Å². The highest BCUT2D eigenvalue weighted by Crippen LogP contribution is 2.45. The normalized spacial score (nSPS) is 21.2. The highest BCUT2D eigenvalue weighted by molar-refractivity contribution is 8.16. The van der Waals surface area contributed by atoms with Gasteiger partial charge in [-0.05, 0) is 67.1 Å². The van der Waals surface area contributed by atoms with E-state index in [2.05, 4.69) is 4.99 Å². The summed E-state index contributed by atoms with van der Waals surface area (Å²) < 4.78 is 36.7. The number of hydrogen-bond acceptors (Lipinski definition) is 6. The van der Waals surface area contributed by atoms with Gasteiger partial charge in [-0.2, -0.15) is 4.99 Å². The van der Waals surface area contributed by atoms with Gasteiger partial charge in [0.05, 0.1) is 23.2 Å². The van der Waals surface area contributed by atoms with Crippen LogP contribution in [0.5, 0.6) is 17.2 Å².